The predicted molar refractivity (Wildman–Crippen MR) is 58.0 cm³/mol. The first-order valence-electron chi connectivity index (χ1n) is 4.87. The number of rotatable bonds is 5. The molecular weight excluding hydrogens is 180 g/mol. The highest BCUT2D eigenvalue weighted by molar-refractivity contribution is 7.09. The standard InChI is InChI=1S/C10H18N2S/c1-4-5-12-10(8(2)3)9-6-11-7-13-9/h6-8,10,12H,4-5H2,1-3H3. The Kier molecular flexibility index (Phi) is 4.39. The summed E-state index contributed by atoms with van der Waals surface area (Å²) in [5.74, 6) is 0.631. The number of nitrogens with zero attached hydrogens (tertiary/aromatic N) is 1. The van der Waals surface area contributed by atoms with Gasteiger partial charge in [-0.3, -0.25) is 4.98 Å². The van der Waals surface area contributed by atoms with Crippen molar-refractivity contribution < 1.29 is 0 Å². The quantitative estimate of drug-likeness (QED) is 0.787. The third kappa shape index (κ3) is 3.08. The maximum Gasteiger partial charge on any atom is 0.0794 e. The molecule has 0 fully saturated rings. The molecule has 0 aliphatic rings. The van der Waals surface area contributed by atoms with Crippen LogP contribution in [0.15, 0.2) is 11.7 Å². The van der Waals surface area contributed by atoms with Crippen LogP contribution in [0.5, 0.6) is 0 Å². The molecule has 0 amide bonds. The van der Waals surface area contributed by atoms with Crippen molar-refractivity contribution in [3.05, 3.63) is 16.6 Å². The fourth-order valence-electron chi connectivity index (χ4n) is 1.34. The van der Waals surface area contributed by atoms with Crippen molar-refractivity contribution >= 4 is 11.3 Å². The highest BCUT2D eigenvalue weighted by Gasteiger charge is 2.15. The summed E-state index contributed by atoms with van der Waals surface area (Å²) in [6, 6.07) is 0.479. The first kappa shape index (κ1) is 10.7. The van der Waals surface area contributed by atoms with E-state index in [4.69, 9.17) is 0 Å². The van der Waals surface area contributed by atoms with Gasteiger partial charge in [-0.25, -0.2) is 0 Å². The Balaban J connectivity index is 2.58. The van der Waals surface area contributed by atoms with E-state index in [9.17, 15) is 0 Å². The molecule has 1 aromatic rings. The Morgan fingerprint density at radius 1 is 1.54 bits per heavy atom. The monoisotopic (exact) mass is 198 g/mol. The zero-order valence-electron chi connectivity index (χ0n) is 8.58. The van der Waals surface area contributed by atoms with Gasteiger partial charge in [-0.15, -0.1) is 11.3 Å². The SMILES string of the molecule is CCCNC(c1cncs1)C(C)C. The largest absolute Gasteiger partial charge is 0.309 e. The average Bonchev–Trinajstić information content (AvgIpc) is 2.57. The number of thiazole rings is 1. The van der Waals surface area contributed by atoms with Crippen LogP contribution < -0.4 is 5.32 Å². The number of nitrogens with one attached hydrogen (secondary N) is 1. The molecule has 3 heteroatoms. The van der Waals surface area contributed by atoms with Crippen LogP contribution in [0, 0.1) is 5.92 Å². The van der Waals surface area contributed by atoms with E-state index in [1.54, 1.807) is 11.3 Å². The molecular formula is C10H18N2S. The van der Waals surface area contributed by atoms with Crippen LogP contribution >= 0.6 is 11.3 Å². The molecule has 0 aliphatic carbocycles. The third-order valence-electron chi connectivity index (χ3n) is 2.04. The lowest BCUT2D eigenvalue weighted by Gasteiger charge is -2.20. The number of aromatic nitrogens is 1. The lowest BCUT2D eigenvalue weighted by molar-refractivity contribution is 0.418. The molecule has 1 rings (SSSR count). The van der Waals surface area contributed by atoms with E-state index in [1.165, 1.54) is 11.3 Å². The Hall–Kier alpha value is -0.410. The average molecular weight is 198 g/mol. The zero-order chi connectivity index (χ0) is 9.68. The van der Waals surface area contributed by atoms with Gasteiger partial charge in [0.05, 0.1) is 5.51 Å². The van der Waals surface area contributed by atoms with Crippen molar-refractivity contribution in [3.63, 3.8) is 0 Å². The number of hydrogen-bond donors (Lipinski definition) is 1. The summed E-state index contributed by atoms with van der Waals surface area (Å²) in [6.45, 7) is 7.76. The maximum absolute atomic E-state index is 4.11. The van der Waals surface area contributed by atoms with E-state index in [0.29, 0.717) is 12.0 Å². The molecule has 74 valence electrons. The highest BCUT2D eigenvalue weighted by Crippen LogP contribution is 2.24. The molecule has 0 bridgehead atoms. The van der Waals surface area contributed by atoms with Gasteiger partial charge in [0.2, 0.25) is 0 Å². The topological polar surface area (TPSA) is 24.9 Å². The van der Waals surface area contributed by atoms with Crippen LogP contribution in [0.25, 0.3) is 0 Å². The smallest absolute Gasteiger partial charge is 0.0794 e. The Bertz CT molecular complexity index is 219. The summed E-state index contributed by atoms with van der Waals surface area (Å²) in [5, 5.41) is 3.54. The second kappa shape index (κ2) is 5.35. The van der Waals surface area contributed by atoms with Crippen LogP contribution in [0.1, 0.15) is 38.1 Å². The van der Waals surface area contributed by atoms with Gasteiger partial charge in [-0.1, -0.05) is 20.8 Å². The molecule has 1 N–H and O–H groups in total. The molecule has 0 radical (unpaired) electrons. The maximum atomic E-state index is 4.11. The summed E-state index contributed by atoms with van der Waals surface area (Å²) in [6.07, 6.45) is 3.15. The van der Waals surface area contributed by atoms with E-state index in [2.05, 4.69) is 31.1 Å². The molecule has 1 heterocycles. The zero-order valence-corrected chi connectivity index (χ0v) is 9.40. The van der Waals surface area contributed by atoms with Gasteiger partial charge in [0.1, 0.15) is 0 Å². The van der Waals surface area contributed by atoms with Crippen LogP contribution in [-0.2, 0) is 0 Å². The van der Waals surface area contributed by atoms with Gasteiger partial charge in [0.15, 0.2) is 0 Å². The van der Waals surface area contributed by atoms with E-state index < -0.39 is 0 Å². The van der Waals surface area contributed by atoms with Crippen LogP contribution in [0.2, 0.25) is 0 Å². The Labute approximate surface area is 84.4 Å². The first-order valence-corrected chi connectivity index (χ1v) is 5.75. The van der Waals surface area contributed by atoms with Gasteiger partial charge in [0, 0.05) is 17.1 Å². The second-order valence-electron chi connectivity index (χ2n) is 3.58. The minimum absolute atomic E-state index is 0.479. The number of hydrogen-bond acceptors (Lipinski definition) is 3. The van der Waals surface area contributed by atoms with E-state index in [1.807, 2.05) is 11.7 Å². The summed E-state index contributed by atoms with van der Waals surface area (Å²) < 4.78 is 0. The van der Waals surface area contributed by atoms with Gasteiger partial charge >= 0.3 is 0 Å². The van der Waals surface area contributed by atoms with Crippen molar-refractivity contribution in [1.29, 1.82) is 0 Å². The Morgan fingerprint density at radius 2 is 2.31 bits per heavy atom. The summed E-state index contributed by atoms with van der Waals surface area (Å²) in [7, 11) is 0. The van der Waals surface area contributed by atoms with Gasteiger partial charge < -0.3 is 5.32 Å². The van der Waals surface area contributed by atoms with E-state index in [-0.39, 0.29) is 0 Å². The molecule has 0 aliphatic heterocycles. The third-order valence-corrected chi connectivity index (χ3v) is 2.90. The lowest BCUT2D eigenvalue weighted by atomic mass is 10.0. The molecule has 1 atom stereocenters. The minimum atomic E-state index is 0.479. The molecule has 0 aromatic carbocycles. The second-order valence-corrected chi connectivity index (χ2v) is 4.50. The molecule has 2 nitrogen and oxygen atoms in total. The van der Waals surface area contributed by atoms with Crippen molar-refractivity contribution in [3.8, 4) is 0 Å². The predicted octanol–water partition coefficient (Wildman–Crippen LogP) is 2.84. The summed E-state index contributed by atoms with van der Waals surface area (Å²) >= 11 is 1.74. The molecule has 0 saturated heterocycles. The van der Waals surface area contributed by atoms with Gasteiger partial charge in [0.25, 0.3) is 0 Å². The molecule has 1 aromatic heterocycles. The molecule has 13 heavy (non-hydrogen) atoms. The van der Waals surface area contributed by atoms with Crippen LogP contribution in [-0.4, -0.2) is 11.5 Å². The van der Waals surface area contributed by atoms with Crippen LogP contribution in [0.4, 0.5) is 0 Å². The highest BCUT2D eigenvalue weighted by atomic mass is 32.1. The lowest BCUT2D eigenvalue weighted by Crippen LogP contribution is -2.25. The Morgan fingerprint density at radius 3 is 2.77 bits per heavy atom. The van der Waals surface area contributed by atoms with E-state index in [0.717, 1.165) is 6.54 Å². The van der Waals surface area contributed by atoms with Gasteiger partial charge in [-0.05, 0) is 18.9 Å². The molecule has 0 saturated carbocycles. The fraction of sp³-hybridized carbons (Fsp3) is 0.700. The van der Waals surface area contributed by atoms with E-state index >= 15 is 0 Å². The summed E-state index contributed by atoms with van der Waals surface area (Å²) in [5.41, 5.74) is 1.90. The van der Waals surface area contributed by atoms with Gasteiger partial charge in [-0.2, -0.15) is 0 Å². The van der Waals surface area contributed by atoms with Crippen molar-refractivity contribution in [2.24, 2.45) is 5.92 Å². The minimum Gasteiger partial charge on any atom is -0.309 e. The van der Waals surface area contributed by atoms with Crippen molar-refractivity contribution in [2.75, 3.05) is 6.54 Å². The van der Waals surface area contributed by atoms with Crippen molar-refractivity contribution in [1.82, 2.24) is 10.3 Å². The molecule has 1 unspecified atom stereocenters. The molecule has 0 spiro atoms. The van der Waals surface area contributed by atoms with Crippen LogP contribution in [0.3, 0.4) is 0 Å². The summed E-state index contributed by atoms with van der Waals surface area (Å²) in [4.78, 5) is 5.46. The normalized spacial score (nSPS) is 13.5. The van der Waals surface area contributed by atoms with Crippen molar-refractivity contribution in [2.45, 2.75) is 33.2 Å². The fourth-order valence-corrected chi connectivity index (χ4v) is 2.21. The first-order chi connectivity index (χ1) is 6.25.